The predicted molar refractivity (Wildman–Crippen MR) is 91.1 cm³/mol. The van der Waals surface area contributed by atoms with Gasteiger partial charge < -0.3 is 15.5 Å². The normalized spacial score (nSPS) is 21.6. The van der Waals surface area contributed by atoms with E-state index in [1.807, 2.05) is 6.92 Å². The summed E-state index contributed by atoms with van der Waals surface area (Å²) in [6, 6.07) is 4.78. The molecule has 1 fully saturated rings. The van der Waals surface area contributed by atoms with Crippen molar-refractivity contribution >= 4 is 16.8 Å². The van der Waals surface area contributed by atoms with Gasteiger partial charge in [-0.05, 0) is 50.1 Å². The number of hydrogen-bond donors (Lipinski definition) is 2. The van der Waals surface area contributed by atoms with E-state index in [0.717, 1.165) is 41.5 Å². The highest BCUT2D eigenvalue weighted by Crippen LogP contribution is 2.35. The number of aromatic nitrogens is 1. The summed E-state index contributed by atoms with van der Waals surface area (Å²) in [4.78, 5) is 17.2. The number of methoxy groups -OCH3 is 1. The number of amides is 1. The zero-order chi connectivity index (χ0) is 17.3. The van der Waals surface area contributed by atoms with Crippen molar-refractivity contribution in [1.29, 1.82) is 0 Å². The number of nitrogens with zero attached hydrogens (tertiary/aromatic N) is 1. The van der Waals surface area contributed by atoms with Gasteiger partial charge in [0.15, 0.2) is 0 Å². The van der Waals surface area contributed by atoms with Crippen LogP contribution < -0.4 is 5.73 Å². The van der Waals surface area contributed by atoms with Crippen molar-refractivity contribution in [2.45, 2.75) is 38.3 Å². The fourth-order valence-electron chi connectivity index (χ4n) is 3.95. The summed E-state index contributed by atoms with van der Waals surface area (Å²) in [6.07, 6.45) is 2.18. The third kappa shape index (κ3) is 3.03. The number of halogens is 1. The zero-order valence-electron chi connectivity index (χ0n) is 14.2. The van der Waals surface area contributed by atoms with E-state index < -0.39 is 0 Å². The van der Waals surface area contributed by atoms with Crippen LogP contribution in [-0.2, 0) is 16.1 Å². The van der Waals surface area contributed by atoms with E-state index in [4.69, 9.17) is 10.5 Å². The van der Waals surface area contributed by atoms with Crippen molar-refractivity contribution in [3.8, 4) is 0 Å². The molecule has 1 aliphatic heterocycles. The Balaban J connectivity index is 1.91. The number of carbonyl (C=O) groups is 1. The summed E-state index contributed by atoms with van der Waals surface area (Å²) in [5.41, 5.74) is 8.14. The Labute approximate surface area is 141 Å². The number of fused-ring (bicyclic) bond motifs is 1. The van der Waals surface area contributed by atoms with E-state index in [-0.39, 0.29) is 23.7 Å². The molecule has 3 N–H and O–H groups in total. The number of nitrogens with one attached hydrogen (secondary N) is 1. The highest BCUT2D eigenvalue weighted by atomic mass is 19.1. The first-order chi connectivity index (χ1) is 11.4. The molecule has 2 heterocycles. The maximum atomic E-state index is 13.5. The minimum absolute atomic E-state index is 0.236. The van der Waals surface area contributed by atoms with Gasteiger partial charge in [-0.1, -0.05) is 0 Å². The highest BCUT2D eigenvalue weighted by molar-refractivity contribution is 5.84. The molecule has 3 rings (SSSR count). The molecule has 1 saturated heterocycles. The number of aromatic amines is 1. The number of H-pyrrole nitrogens is 1. The largest absolute Gasteiger partial charge is 0.383 e. The van der Waals surface area contributed by atoms with Gasteiger partial charge in [0.05, 0.1) is 12.1 Å². The number of likely N-dealkylation sites (tertiary alicyclic amines) is 1. The van der Waals surface area contributed by atoms with Crippen molar-refractivity contribution in [2.75, 3.05) is 20.3 Å². The van der Waals surface area contributed by atoms with Crippen LogP contribution in [0.3, 0.4) is 0 Å². The number of ether oxygens (including phenoxy) is 1. The Morgan fingerprint density at radius 3 is 3.00 bits per heavy atom. The quantitative estimate of drug-likeness (QED) is 0.853. The van der Waals surface area contributed by atoms with E-state index >= 15 is 0 Å². The summed E-state index contributed by atoms with van der Waals surface area (Å²) in [6.45, 7) is 4.03. The van der Waals surface area contributed by atoms with Gasteiger partial charge in [-0.15, -0.1) is 0 Å². The summed E-state index contributed by atoms with van der Waals surface area (Å²) < 4.78 is 18.9. The third-order valence-corrected chi connectivity index (χ3v) is 5.13. The van der Waals surface area contributed by atoms with Crippen molar-refractivity contribution in [3.63, 3.8) is 0 Å². The van der Waals surface area contributed by atoms with E-state index in [1.54, 1.807) is 19.2 Å². The molecule has 6 heteroatoms. The van der Waals surface area contributed by atoms with Gasteiger partial charge in [0.1, 0.15) is 5.82 Å². The zero-order valence-corrected chi connectivity index (χ0v) is 14.2. The lowest BCUT2D eigenvalue weighted by Gasteiger charge is -2.37. The van der Waals surface area contributed by atoms with Crippen LogP contribution in [0.5, 0.6) is 0 Å². The van der Waals surface area contributed by atoms with Gasteiger partial charge in [-0.25, -0.2) is 4.39 Å². The standard InChI is InChI=1S/C18H24FN3O2/c1-12-14-8-13(19)4-5-15(14)21-16(12)10-22-7-3-6-18(22,11-24-2)9-17(20)23/h4-5,8,21H,3,6-7,9-11H2,1-2H3,(H2,20,23)/t18-/m1/s1. The van der Waals surface area contributed by atoms with Crippen molar-refractivity contribution in [1.82, 2.24) is 9.88 Å². The maximum Gasteiger partial charge on any atom is 0.219 e. The first-order valence-electron chi connectivity index (χ1n) is 8.24. The van der Waals surface area contributed by atoms with Gasteiger partial charge in [0.25, 0.3) is 0 Å². The van der Waals surface area contributed by atoms with Crippen LogP contribution in [0.15, 0.2) is 18.2 Å². The predicted octanol–water partition coefficient (Wildman–Crippen LogP) is 2.47. The molecular formula is C18H24FN3O2. The smallest absolute Gasteiger partial charge is 0.219 e. The molecule has 1 aliphatic rings. The third-order valence-electron chi connectivity index (χ3n) is 5.13. The van der Waals surface area contributed by atoms with E-state index in [2.05, 4.69) is 9.88 Å². The fraction of sp³-hybridized carbons (Fsp3) is 0.500. The van der Waals surface area contributed by atoms with E-state index in [0.29, 0.717) is 13.2 Å². The van der Waals surface area contributed by atoms with Crippen LogP contribution in [-0.4, -0.2) is 41.6 Å². The van der Waals surface area contributed by atoms with Gasteiger partial charge in [0, 0.05) is 36.7 Å². The van der Waals surface area contributed by atoms with E-state index in [1.165, 1.54) is 6.07 Å². The first-order valence-corrected chi connectivity index (χ1v) is 8.24. The van der Waals surface area contributed by atoms with Crippen LogP contribution in [0.25, 0.3) is 10.9 Å². The number of hydrogen-bond acceptors (Lipinski definition) is 3. The number of rotatable bonds is 6. The van der Waals surface area contributed by atoms with Crippen molar-refractivity contribution < 1.29 is 13.9 Å². The van der Waals surface area contributed by atoms with Gasteiger partial charge >= 0.3 is 0 Å². The Kier molecular flexibility index (Phi) is 4.60. The monoisotopic (exact) mass is 333 g/mol. The molecule has 1 aromatic carbocycles. The van der Waals surface area contributed by atoms with Gasteiger partial charge in [-0.2, -0.15) is 0 Å². The van der Waals surface area contributed by atoms with Crippen LogP contribution in [0, 0.1) is 12.7 Å². The summed E-state index contributed by atoms with van der Waals surface area (Å²) in [5, 5.41) is 0.899. The number of aryl methyl sites for hydroxylation is 1. The van der Waals surface area contributed by atoms with Crippen LogP contribution in [0.1, 0.15) is 30.5 Å². The molecule has 0 aliphatic carbocycles. The summed E-state index contributed by atoms with van der Waals surface area (Å²) >= 11 is 0. The average Bonchev–Trinajstić information content (AvgIpc) is 3.02. The Morgan fingerprint density at radius 1 is 1.50 bits per heavy atom. The van der Waals surface area contributed by atoms with E-state index in [9.17, 15) is 9.18 Å². The van der Waals surface area contributed by atoms with Crippen molar-refractivity contribution in [2.24, 2.45) is 5.73 Å². The molecule has 5 nitrogen and oxygen atoms in total. The molecule has 24 heavy (non-hydrogen) atoms. The van der Waals surface area contributed by atoms with Crippen molar-refractivity contribution in [3.05, 3.63) is 35.3 Å². The number of carbonyl (C=O) groups excluding carboxylic acids is 1. The molecular weight excluding hydrogens is 309 g/mol. The first kappa shape index (κ1) is 16.9. The molecule has 2 aromatic rings. The van der Waals surface area contributed by atoms with Crippen LogP contribution in [0.4, 0.5) is 4.39 Å². The molecule has 0 unspecified atom stereocenters. The minimum atomic E-state index is -0.352. The number of nitrogens with two attached hydrogens (primary N) is 1. The number of primary amides is 1. The molecule has 1 atom stereocenters. The Morgan fingerprint density at radius 2 is 2.29 bits per heavy atom. The lowest BCUT2D eigenvalue weighted by Crippen LogP contribution is -2.49. The lowest BCUT2D eigenvalue weighted by molar-refractivity contribution is -0.121. The second kappa shape index (κ2) is 6.53. The molecule has 0 spiro atoms. The molecule has 0 saturated carbocycles. The minimum Gasteiger partial charge on any atom is -0.383 e. The van der Waals surface area contributed by atoms with Gasteiger partial charge in [-0.3, -0.25) is 9.69 Å². The Hall–Kier alpha value is -1.92. The molecule has 130 valence electrons. The number of benzene rings is 1. The second-order valence-electron chi connectivity index (χ2n) is 6.74. The maximum absolute atomic E-state index is 13.5. The van der Waals surface area contributed by atoms with Gasteiger partial charge in [0.2, 0.25) is 5.91 Å². The second-order valence-corrected chi connectivity index (χ2v) is 6.74. The summed E-state index contributed by atoms with van der Waals surface area (Å²) in [7, 11) is 1.65. The average molecular weight is 333 g/mol. The highest BCUT2D eigenvalue weighted by Gasteiger charge is 2.42. The molecule has 0 bridgehead atoms. The van der Waals surface area contributed by atoms with Crippen LogP contribution >= 0.6 is 0 Å². The SMILES string of the molecule is COC[C@]1(CC(N)=O)CCCN1Cc1[nH]c2ccc(F)cc2c1C. The lowest BCUT2D eigenvalue weighted by atomic mass is 9.92. The van der Waals surface area contributed by atoms with Crippen LogP contribution in [0.2, 0.25) is 0 Å². The fourth-order valence-corrected chi connectivity index (χ4v) is 3.95. The molecule has 0 radical (unpaired) electrons. The Bertz CT molecular complexity index is 758. The molecule has 1 aromatic heterocycles. The topological polar surface area (TPSA) is 71.3 Å². The summed E-state index contributed by atoms with van der Waals surface area (Å²) in [5.74, 6) is -0.547. The molecule has 1 amide bonds.